The average molecular weight is 285 g/mol. The van der Waals surface area contributed by atoms with Crippen molar-refractivity contribution in [3.05, 3.63) is 48.0 Å². The Morgan fingerprint density at radius 2 is 1.67 bits per heavy atom. The molecule has 0 unspecified atom stereocenters. The maximum Gasteiger partial charge on any atom is 0.323 e. The lowest BCUT2D eigenvalue weighted by Gasteiger charge is -2.34. The van der Waals surface area contributed by atoms with Gasteiger partial charge in [0.15, 0.2) is 0 Å². The number of benzene rings is 2. The van der Waals surface area contributed by atoms with Gasteiger partial charge >= 0.3 is 5.97 Å². The van der Waals surface area contributed by atoms with E-state index in [2.05, 4.69) is 0 Å². The summed E-state index contributed by atoms with van der Waals surface area (Å²) >= 11 is 0. The Bertz CT molecular complexity index is 680. The van der Waals surface area contributed by atoms with Crippen LogP contribution in [0.2, 0.25) is 0 Å². The lowest BCUT2D eigenvalue weighted by molar-refractivity contribution is -0.138. The first kappa shape index (κ1) is 15.0. The van der Waals surface area contributed by atoms with Crippen LogP contribution in [0.4, 0.5) is 0 Å². The number of carbonyl (C=O) groups is 2. The van der Waals surface area contributed by atoms with Crippen LogP contribution >= 0.6 is 0 Å². The Balaban J connectivity index is 2.51. The lowest BCUT2D eigenvalue weighted by atomic mass is 10.00. The SMILES string of the molecule is CC(C)(C)N(CC(=O)O)C(=O)c1cccc2ccccc12. The highest BCUT2D eigenvalue weighted by Crippen LogP contribution is 2.23. The zero-order valence-electron chi connectivity index (χ0n) is 12.5. The van der Waals surface area contributed by atoms with Crippen LogP contribution in [0.3, 0.4) is 0 Å². The number of rotatable bonds is 3. The molecule has 0 atom stereocenters. The van der Waals surface area contributed by atoms with Crippen molar-refractivity contribution in [2.45, 2.75) is 26.3 Å². The van der Waals surface area contributed by atoms with Crippen LogP contribution in [-0.2, 0) is 4.79 Å². The fourth-order valence-corrected chi connectivity index (χ4v) is 2.31. The first-order valence-corrected chi connectivity index (χ1v) is 6.82. The maximum atomic E-state index is 12.8. The van der Waals surface area contributed by atoms with Gasteiger partial charge in [-0.1, -0.05) is 36.4 Å². The average Bonchev–Trinajstić information content (AvgIpc) is 2.42. The third kappa shape index (κ3) is 3.21. The number of aliphatic carboxylic acids is 1. The summed E-state index contributed by atoms with van der Waals surface area (Å²) in [5.41, 5.74) is -0.0313. The number of amides is 1. The molecule has 0 spiro atoms. The van der Waals surface area contributed by atoms with Gasteiger partial charge in [-0.05, 0) is 37.6 Å². The van der Waals surface area contributed by atoms with Crippen LogP contribution in [0.1, 0.15) is 31.1 Å². The standard InChI is InChI=1S/C17H19NO3/c1-17(2,3)18(11-15(19)20)16(21)14-10-6-8-12-7-4-5-9-13(12)14/h4-10H,11H2,1-3H3,(H,19,20). The topological polar surface area (TPSA) is 57.6 Å². The van der Waals surface area contributed by atoms with Gasteiger partial charge < -0.3 is 10.0 Å². The van der Waals surface area contributed by atoms with E-state index < -0.39 is 11.5 Å². The number of carboxylic acid groups (broad SMARTS) is 1. The van der Waals surface area contributed by atoms with Gasteiger partial charge in [-0.3, -0.25) is 9.59 Å². The molecule has 0 fully saturated rings. The molecule has 1 amide bonds. The molecule has 4 heteroatoms. The number of carboxylic acids is 1. The molecule has 21 heavy (non-hydrogen) atoms. The molecule has 0 aromatic heterocycles. The first-order chi connectivity index (χ1) is 9.80. The second-order valence-electron chi connectivity index (χ2n) is 5.98. The molecular formula is C17H19NO3. The predicted octanol–water partition coefficient (Wildman–Crippen LogP) is 3.17. The van der Waals surface area contributed by atoms with Gasteiger partial charge in [0.2, 0.25) is 0 Å². The van der Waals surface area contributed by atoms with Crippen LogP contribution in [0.15, 0.2) is 42.5 Å². The van der Waals surface area contributed by atoms with E-state index in [-0.39, 0.29) is 12.5 Å². The maximum absolute atomic E-state index is 12.8. The molecule has 2 rings (SSSR count). The minimum absolute atomic E-state index is 0.262. The van der Waals surface area contributed by atoms with E-state index in [1.54, 1.807) is 6.07 Å². The summed E-state index contributed by atoms with van der Waals surface area (Å²) < 4.78 is 0. The minimum Gasteiger partial charge on any atom is -0.480 e. The molecule has 0 bridgehead atoms. The molecule has 0 saturated carbocycles. The van der Waals surface area contributed by atoms with Crippen molar-refractivity contribution in [1.82, 2.24) is 4.90 Å². The lowest BCUT2D eigenvalue weighted by Crippen LogP contribution is -2.48. The summed E-state index contributed by atoms with van der Waals surface area (Å²) in [6.45, 7) is 5.18. The molecule has 0 radical (unpaired) electrons. The Labute approximate surface area is 124 Å². The van der Waals surface area contributed by atoms with E-state index in [1.807, 2.05) is 57.2 Å². The van der Waals surface area contributed by atoms with Crippen molar-refractivity contribution in [2.24, 2.45) is 0 Å². The summed E-state index contributed by atoms with van der Waals surface area (Å²) in [6, 6.07) is 13.1. The molecule has 0 aliphatic heterocycles. The number of hydrogen-bond donors (Lipinski definition) is 1. The Kier molecular flexibility index (Phi) is 3.98. The fraction of sp³-hybridized carbons (Fsp3) is 0.294. The van der Waals surface area contributed by atoms with Gasteiger partial charge in [-0.2, -0.15) is 0 Å². The normalized spacial score (nSPS) is 11.4. The number of fused-ring (bicyclic) bond motifs is 1. The molecule has 0 aliphatic carbocycles. The van der Waals surface area contributed by atoms with Crippen molar-refractivity contribution in [1.29, 1.82) is 0 Å². The highest BCUT2D eigenvalue weighted by Gasteiger charge is 2.29. The highest BCUT2D eigenvalue weighted by atomic mass is 16.4. The molecular weight excluding hydrogens is 266 g/mol. The highest BCUT2D eigenvalue weighted by molar-refractivity contribution is 6.07. The van der Waals surface area contributed by atoms with Gasteiger partial charge in [-0.15, -0.1) is 0 Å². The molecule has 2 aromatic rings. The monoisotopic (exact) mass is 285 g/mol. The number of carbonyl (C=O) groups excluding carboxylic acids is 1. The van der Waals surface area contributed by atoms with Crippen molar-refractivity contribution in [3.8, 4) is 0 Å². The van der Waals surface area contributed by atoms with Crippen molar-refractivity contribution in [3.63, 3.8) is 0 Å². The molecule has 2 aromatic carbocycles. The Morgan fingerprint density at radius 3 is 2.29 bits per heavy atom. The first-order valence-electron chi connectivity index (χ1n) is 6.82. The molecule has 0 saturated heterocycles. The van der Waals surface area contributed by atoms with Gasteiger partial charge in [0.1, 0.15) is 6.54 Å². The van der Waals surface area contributed by atoms with E-state index >= 15 is 0 Å². The molecule has 0 aliphatic rings. The van der Waals surface area contributed by atoms with Gasteiger partial charge in [-0.25, -0.2) is 0 Å². The largest absolute Gasteiger partial charge is 0.480 e. The smallest absolute Gasteiger partial charge is 0.323 e. The summed E-state index contributed by atoms with van der Waals surface area (Å²) in [5, 5.41) is 10.9. The minimum atomic E-state index is -1.02. The van der Waals surface area contributed by atoms with Crippen LogP contribution in [0.5, 0.6) is 0 Å². The zero-order valence-corrected chi connectivity index (χ0v) is 12.5. The summed E-state index contributed by atoms with van der Waals surface area (Å²) in [5.74, 6) is -1.28. The Morgan fingerprint density at radius 1 is 1.05 bits per heavy atom. The van der Waals surface area contributed by atoms with Crippen molar-refractivity contribution < 1.29 is 14.7 Å². The van der Waals surface area contributed by atoms with E-state index in [4.69, 9.17) is 5.11 Å². The molecule has 4 nitrogen and oxygen atoms in total. The molecule has 110 valence electrons. The quantitative estimate of drug-likeness (QED) is 0.942. The molecule has 1 N–H and O–H groups in total. The van der Waals surface area contributed by atoms with E-state index in [9.17, 15) is 9.59 Å². The molecule has 0 heterocycles. The van der Waals surface area contributed by atoms with Crippen LogP contribution in [0, 0.1) is 0 Å². The predicted molar refractivity (Wildman–Crippen MR) is 82.4 cm³/mol. The zero-order chi connectivity index (χ0) is 15.6. The van der Waals surface area contributed by atoms with Gasteiger partial charge in [0.25, 0.3) is 5.91 Å². The van der Waals surface area contributed by atoms with Crippen molar-refractivity contribution >= 4 is 22.6 Å². The van der Waals surface area contributed by atoms with Crippen molar-refractivity contribution in [2.75, 3.05) is 6.54 Å². The number of hydrogen-bond acceptors (Lipinski definition) is 2. The van der Waals surface area contributed by atoms with Crippen LogP contribution < -0.4 is 0 Å². The summed E-state index contributed by atoms with van der Waals surface area (Å²) in [4.78, 5) is 25.3. The van der Waals surface area contributed by atoms with Crippen LogP contribution in [0.25, 0.3) is 10.8 Å². The fourth-order valence-electron chi connectivity index (χ4n) is 2.31. The second-order valence-corrected chi connectivity index (χ2v) is 5.98. The number of nitrogens with zero attached hydrogens (tertiary/aromatic N) is 1. The third-order valence-electron chi connectivity index (χ3n) is 3.37. The van der Waals surface area contributed by atoms with E-state index in [1.165, 1.54) is 4.90 Å². The van der Waals surface area contributed by atoms with E-state index in [0.717, 1.165) is 10.8 Å². The third-order valence-corrected chi connectivity index (χ3v) is 3.37. The van der Waals surface area contributed by atoms with E-state index in [0.29, 0.717) is 5.56 Å². The summed E-state index contributed by atoms with van der Waals surface area (Å²) in [7, 11) is 0. The summed E-state index contributed by atoms with van der Waals surface area (Å²) in [6.07, 6.45) is 0. The van der Waals surface area contributed by atoms with Gasteiger partial charge in [0, 0.05) is 11.1 Å². The second kappa shape index (κ2) is 5.56. The van der Waals surface area contributed by atoms with Gasteiger partial charge in [0.05, 0.1) is 0 Å². The van der Waals surface area contributed by atoms with Crippen LogP contribution in [-0.4, -0.2) is 34.0 Å². The Hall–Kier alpha value is -2.36.